The summed E-state index contributed by atoms with van der Waals surface area (Å²) in [6.07, 6.45) is 3.02. The van der Waals surface area contributed by atoms with E-state index >= 15 is 0 Å². The van der Waals surface area contributed by atoms with Crippen molar-refractivity contribution >= 4 is 22.3 Å². The Labute approximate surface area is 103 Å². The van der Waals surface area contributed by atoms with Crippen LogP contribution in [0.3, 0.4) is 0 Å². The zero-order valence-electron chi connectivity index (χ0n) is 9.50. The number of rotatable bonds is 3. The first-order valence-electron chi connectivity index (χ1n) is 5.47. The molecule has 0 amide bonds. The Hall–Kier alpha value is -2.63. The summed E-state index contributed by atoms with van der Waals surface area (Å²) in [6, 6.07) is 7.59. The molecule has 0 radical (unpaired) electrons. The number of nitrogens with one attached hydrogen (secondary N) is 1. The molecule has 0 aliphatic rings. The van der Waals surface area contributed by atoms with Crippen LogP contribution in [0.2, 0.25) is 0 Å². The lowest BCUT2D eigenvalue weighted by atomic mass is 10.1. The highest BCUT2D eigenvalue weighted by molar-refractivity contribution is 5.97. The van der Waals surface area contributed by atoms with Crippen LogP contribution < -0.4 is 11.1 Å². The Bertz CT molecular complexity index is 665. The second-order valence-electron chi connectivity index (χ2n) is 3.80. The average Bonchev–Trinajstić information content (AvgIpc) is 2.90. The van der Waals surface area contributed by atoms with Crippen LogP contribution in [0.15, 0.2) is 41.4 Å². The van der Waals surface area contributed by atoms with Crippen LogP contribution in [0.4, 0.5) is 11.4 Å². The lowest BCUT2D eigenvalue weighted by Crippen LogP contribution is -2.02. The number of para-hydroxylation sites is 1. The highest BCUT2D eigenvalue weighted by Crippen LogP contribution is 2.25. The molecule has 2 aromatic heterocycles. The van der Waals surface area contributed by atoms with Gasteiger partial charge in [0.1, 0.15) is 0 Å². The normalized spacial score (nSPS) is 10.7. The monoisotopic (exact) mass is 241 g/mol. The van der Waals surface area contributed by atoms with E-state index in [-0.39, 0.29) is 0 Å². The van der Waals surface area contributed by atoms with E-state index in [4.69, 9.17) is 5.73 Å². The molecule has 3 rings (SSSR count). The molecule has 0 saturated heterocycles. The van der Waals surface area contributed by atoms with E-state index in [9.17, 15) is 0 Å². The molecule has 0 unspecified atom stereocenters. The van der Waals surface area contributed by atoms with Crippen LogP contribution in [-0.4, -0.2) is 15.1 Å². The Morgan fingerprint density at radius 3 is 3.00 bits per heavy atom. The Morgan fingerprint density at radius 1 is 1.22 bits per heavy atom. The molecule has 90 valence electrons. The number of hydrogen-bond donors (Lipinski definition) is 2. The SMILES string of the molecule is Nc1cccc2c(NCc3ncon3)ccnc12. The summed E-state index contributed by atoms with van der Waals surface area (Å²) in [4.78, 5) is 8.22. The molecule has 3 aromatic rings. The number of benzene rings is 1. The minimum atomic E-state index is 0.490. The molecule has 0 fully saturated rings. The van der Waals surface area contributed by atoms with Gasteiger partial charge in [-0.05, 0) is 12.1 Å². The number of fused-ring (bicyclic) bond motifs is 1. The zero-order valence-corrected chi connectivity index (χ0v) is 9.50. The number of hydrogen-bond acceptors (Lipinski definition) is 6. The van der Waals surface area contributed by atoms with E-state index in [2.05, 4.69) is 25.0 Å². The first kappa shape index (κ1) is 10.5. The van der Waals surface area contributed by atoms with Crippen molar-refractivity contribution in [2.45, 2.75) is 6.54 Å². The van der Waals surface area contributed by atoms with Gasteiger partial charge in [-0.3, -0.25) is 4.98 Å². The fourth-order valence-electron chi connectivity index (χ4n) is 1.80. The van der Waals surface area contributed by atoms with E-state index in [1.54, 1.807) is 6.20 Å². The van der Waals surface area contributed by atoms with Gasteiger partial charge in [0.25, 0.3) is 0 Å². The first-order chi connectivity index (χ1) is 8.84. The number of nitrogens with zero attached hydrogens (tertiary/aromatic N) is 3. The Morgan fingerprint density at radius 2 is 2.17 bits per heavy atom. The summed E-state index contributed by atoms with van der Waals surface area (Å²) >= 11 is 0. The fourth-order valence-corrected chi connectivity index (χ4v) is 1.80. The van der Waals surface area contributed by atoms with Crippen molar-refractivity contribution in [1.82, 2.24) is 15.1 Å². The van der Waals surface area contributed by atoms with E-state index < -0.39 is 0 Å². The summed E-state index contributed by atoms with van der Waals surface area (Å²) in [6.45, 7) is 0.490. The van der Waals surface area contributed by atoms with Crippen LogP contribution in [0.25, 0.3) is 10.9 Å². The lowest BCUT2D eigenvalue weighted by molar-refractivity contribution is 0.411. The first-order valence-corrected chi connectivity index (χ1v) is 5.47. The van der Waals surface area contributed by atoms with E-state index in [1.807, 2.05) is 24.3 Å². The largest absolute Gasteiger partial charge is 0.397 e. The van der Waals surface area contributed by atoms with Crippen molar-refractivity contribution < 1.29 is 4.52 Å². The van der Waals surface area contributed by atoms with Gasteiger partial charge in [-0.2, -0.15) is 4.98 Å². The van der Waals surface area contributed by atoms with Gasteiger partial charge in [0, 0.05) is 17.3 Å². The summed E-state index contributed by atoms with van der Waals surface area (Å²) in [7, 11) is 0. The van der Waals surface area contributed by atoms with Gasteiger partial charge in [-0.1, -0.05) is 17.3 Å². The van der Waals surface area contributed by atoms with Crippen molar-refractivity contribution in [3.05, 3.63) is 42.7 Å². The van der Waals surface area contributed by atoms with Gasteiger partial charge >= 0.3 is 0 Å². The van der Waals surface area contributed by atoms with E-state index in [0.29, 0.717) is 18.1 Å². The maximum Gasteiger partial charge on any atom is 0.213 e. The third-order valence-electron chi connectivity index (χ3n) is 2.65. The minimum absolute atomic E-state index is 0.490. The number of aromatic nitrogens is 3. The molecule has 0 bridgehead atoms. The maximum absolute atomic E-state index is 5.89. The van der Waals surface area contributed by atoms with Gasteiger partial charge in [-0.25, -0.2) is 0 Å². The highest BCUT2D eigenvalue weighted by Gasteiger charge is 2.05. The van der Waals surface area contributed by atoms with Crippen LogP contribution in [0, 0.1) is 0 Å². The summed E-state index contributed by atoms with van der Waals surface area (Å²) in [5, 5.41) is 7.95. The van der Waals surface area contributed by atoms with E-state index in [0.717, 1.165) is 16.6 Å². The van der Waals surface area contributed by atoms with Gasteiger partial charge in [-0.15, -0.1) is 0 Å². The molecule has 2 heterocycles. The second-order valence-corrected chi connectivity index (χ2v) is 3.80. The molecular weight excluding hydrogens is 230 g/mol. The third kappa shape index (κ3) is 1.84. The van der Waals surface area contributed by atoms with Crippen molar-refractivity contribution in [3.63, 3.8) is 0 Å². The molecule has 0 spiro atoms. The number of anilines is 2. The average molecular weight is 241 g/mol. The topological polar surface area (TPSA) is 89.9 Å². The summed E-state index contributed by atoms with van der Waals surface area (Å²) in [5.74, 6) is 0.601. The highest BCUT2D eigenvalue weighted by atomic mass is 16.5. The van der Waals surface area contributed by atoms with Gasteiger partial charge < -0.3 is 15.6 Å². The second kappa shape index (κ2) is 4.33. The Kier molecular flexibility index (Phi) is 2.53. The third-order valence-corrected chi connectivity index (χ3v) is 2.65. The molecule has 18 heavy (non-hydrogen) atoms. The maximum atomic E-state index is 5.89. The molecule has 0 aliphatic carbocycles. The molecule has 0 saturated carbocycles. The molecule has 3 N–H and O–H groups in total. The van der Waals surface area contributed by atoms with Crippen LogP contribution in [-0.2, 0) is 6.54 Å². The van der Waals surface area contributed by atoms with Crippen LogP contribution in [0.1, 0.15) is 5.82 Å². The van der Waals surface area contributed by atoms with Crippen LogP contribution in [0.5, 0.6) is 0 Å². The van der Waals surface area contributed by atoms with Crippen molar-refractivity contribution in [2.24, 2.45) is 0 Å². The molecule has 6 heteroatoms. The lowest BCUT2D eigenvalue weighted by Gasteiger charge is -2.08. The molecule has 1 aromatic carbocycles. The predicted octanol–water partition coefficient (Wildman–Crippen LogP) is 1.81. The smallest absolute Gasteiger partial charge is 0.213 e. The predicted molar refractivity (Wildman–Crippen MR) is 67.8 cm³/mol. The van der Waals surface area contributed by atoms with Crippen molar-refractivity contribution in [1.29, 1.82) is 0 Å². The van der Waals surface area contributed by atoms with E-state index in [1.165, 1.54) is 6.39 Å². The molecule has 0 aliphatic heterocycles. The standard InChI is InChI=1S/C12H11N5O/c13-9-3-1-2-8-10(4-5-14-12(8)9)15-6-11-16-7-18-17-11/h1-5,7H,6,13H2,(H,14,15). The minimum Gasteiger partial charge on any atom is -0.397 e. The van der Waals surface area contributed by atoms with Crippen molar-refractivity contribution in [2.75, 3.05) is 11.1 Å². The molecular formula is C12H11N5O. The number of nitrogen functional groups attached to an aromatic ring is 1. The quantitative estimate of drug-likeness (QED) is 0.680. The molecule has 0 atom stereocenters. The summed E-state index contributed by atoms with van der Waals surface area (Å²) < 4.78 is 4.68. The van der Waals surface area contributed by atoms with Gasteiger partial charge in [0.15, 0.2) is 5.82 Å². The summed E-state index contributed by atoms with van der Waals surface area (Å²) in [5.41, 5.74) is 8.28. The zero-order chi connectivity index (χ0) is 12.4. The fraction of sp³-hybridized carbons (Fsp3) is 0.0833. The van der Waals surface area contributed by atoms with Crippen molar-refractivity contribution in [3.8, 4) is 0 Å². The Balaban J connectivity index is 1.94. The number of nitrogens with two attached hydrogens (primary N) is 1. The van der Waals surface area contributed by atoms with Gasteiger partial charge in [0.05, 0.1) is 17.7 Å². The molecule has 6 nitrogen and oxygen atoms in total. The van der Waals surface area contributed by atoms with Gasteiger partial charge in [0.2, 0.25) is 6.39 Å². The van der Waals surface area contributed by atoms with Crippen LogP contribution >= 0.6 is 0 Å². The number of pyridine rings is 1.